The number of rotatable bonds is 4. The molecular formula is C19H17F3O4. The number of hydrogen-bond acceptors (Lipinski definition) is 4. The normalized spacial score (nSPS) is 15.8. The number of hydrogen-bond donors (Lipinski definition) is 0. The Morgan fingerprint density at radius 1 is 0.885 bits per heavy atom. The van der Waals surface area contributed by atoms with Gasteiger partial charge in [-0.3, -0.25) is 0 Å². The van der Waals surface area contributed by atoms with Gasteiger partial charge in [0, 0.05) is 17.2 Å². The predicted octanol–water partition coefficient (Wildman–Crippen LogP) is 4.72. The monoisotopic (exact) mass is 366 g/mol. The Morgan fingerprint density at radius 2 is 1.58 bits per heavy atom. The minimum atomic E-state index is -4.47. The SMILES string of the molecule is COc1ccc(-c2cc3c(cc2OC)OC(C(F)(F)F)C=C3)cc1OC. The second-order valence-electron chi connectivity index (χ2n) is 5.60. The number of halogens is 3. The molecule has 138 valence electrons. The Bertz CT molecular complexity index is 843. The fourth-order valence-corrected chi connectivity index (χ4v) is 2.75. The quantitative estimate of drug-likeness (QED) is 0.785. The molecule has 3 rings (SSSR count). The van der Waals surface area contributed by atoms with E-state index in [0.29, 0.717) is 28.4 Å². The van der Waals surface area contributed by atoms with Crippen LogP contribution in [0.3, 0.4) is 0 Å². The van der Waals surface area contributed by atoms with Crippen molar-refractivity contribution in [3.8, 4) is 34.1 Å². The van der Waals surface area contributed by atoms with E-state index in [9.17, 15) is 13.2 Å². The third kappa shape index (κ3) is 3.29. The van der Waals surface area contributed by atoms with Crippen LogP contribution in [-0.2, 0) is 0 Å². The first kappa shape index (κ1) is 18.0. The van der Waals surface area contributed by atoms with E-state index in [4.69, 9.17) is 18.9 Å². The van der Waals surface area contributed by atoms with Crippen molar-refractivity contribution in [2.24, 2.45) is 0 Å². The van der Waals surface area contributed by atoms with Crippen LogP contribution in [0.5, 0.6) is 23.0 Å². The van der Waals surface area contributed by atoms with Crippen LogP contribution in [0.25, 0.3) is 17.2 Å². The van der Waals surface area contributed by atoms with Gasteiger partial charge in [0.15, 0.2) is 11.5 Å². The number of ether oxygens (including phenoxy) is 4. The fourth-order valence-electron chi connectivity index (χ4n) is 2.75. The molecule has 2 aromatic rings. The van der Waals surface area contributed by atoms with Gasteiger partial charge in [-0.1, -0.05) is 12.1 Å². The Hall–Kier alpha value is -2.83. The lowest BCUT2D eigenvalue weighted by atomic mass is 9.99. The maximum Gasteiger partial charge on any atom is 0.429 e. The van der Waals surface area contributed by atoms with Crippen molar-refractivity contribution in [1.29, 1.82) is 0 Å². The summed E-state index contributed by atoms with van der Waals surface area (Å²) < 4.78 is 59.6. The highest BCUT2D eigenvalue weighted by Crippen LogP contribution is 2.42. The van der Waals surface area contributed by atoms with Crippen molar-refractivity contribution in [1.82, 2.24) is 0 Å². The minimum absolute atomic E-state index is 0.121. The average Bonchev–Trinajstić information content (AvgIpc) is 2.65. The highest BCUT2D eigenvalue weighted by molar-refractivity contribution is 5.78. The van der Waals surface area contributed by atoms with Gasteiger partial charge in [-0.25, -0.2) is 0 Å². The lowest BCUT2D eigenvalue weighted by Gasteiger charge is -2.24. The highest BCUT2D eigenvalue weighted by atomic mass is 19.4. The van der Waals surface area contributed by atoms with Crippen molar-refractivity contribution in [2.45, 2.75) is 12.3 Å². The first-order valence-electron chi connectivity index (χ1n) is 7.73. The van der Waals surface area contributed by atoms with E-state index in [1.165, 1.54) is 33.5 Å². The molecule has 0 amide bonds. The predicted molar refractivity (Wildman–Crippen MR) is 91.0 cm³/mol. The summed E-state index contributed by atoms with van der Waals surface area (Å²) in [5, 5.41) is 0. The largest absolute Gasteiger partial charge is 0.496 e. The van der Waals surface area contributed by atoms with E-state index in [2.05, 4.69) is 0 Å². The zero-order valence-corrected chi connectivity index (χ0v) is 14.4. The van der Waals surface area contributed by atoms with Crippen LogP contribution in [0.4, 0.5) is 13.2 Å². The fraction of sp³-hybridized carbons (Fsp3) is 0.263. The molecular weight excluding hydrogens is 349 g/mol. The Kier molecular flexibility index (Phi) is 4.71. The lowest BCUT2D eigenvalue weighted by Crippen LogP contribution is -2.33. The van der Waals surface area contributed by atoms with Crippen LogP contribution < -0.4 is 18.9 Å². The van der Waals surface area contributed by atoms with Gasteiger partial charge in [0.2, 0.25) is 6.10 Å². The smallest absolute Gasteiger partial charge is 0.429 e. The molecule has 0 saturated carbocycles. The molecule has 0 fully saturated rings. The van der Waals surface area contributed by atoms with Gasteiger partial charge in [0.05, 0.1) is 21.3 Å². The van der Waals surface area contributed by atoms with E-state index in [-0.39, 0.29) is 5.75 Å². The molecule has 0 spiro atoms. The molecule has 0 saturated heterocycles. The van der Waals surface area contributed by atoms with Crippen LogP contribution in [0.1, 0.15) is 5.56 Å². The summed E-state index contributed by atoms with van der Waals surface area (Å²) in [5.74, 6) is 1.63. The van der Waals surface area contributed by atoms with Crippen molar-refractivity contribution in [3.63, 3.8) is 0 Å². The van der Waals surface area contributed by atoms with Gasteiger partial charge in [-0.2, -0.15) is 13.2 Å². The second-order valence-corrected chi connectivity index (χ2v) is 5.60. The maximum absolute atomic E-state index is 12.9. The van der Waals surface area contributed by atoms with Gasteiger partial charge >= 0.3 is 6.18 Å². The van der Waals surface area contributed by atoms with Gasteiger partial charge in [-0.15, -0.1) is 0 Å². The van der Waals surface area contributed by atoms with Gasteiger partial charge in [0.25, 0.3) is 0 Å². The Morgan fingerprint density at radius 3 is 2.19 bits per heavy atom. The van der Waals surface area contributed by atoms with Crippen LogP contribution in [-0.4, -0.2) is 33.6 Å². The summed E-state index contributed by atoms with van der Waals surface area (Å²) in [7, 11) is 4.52. The summed E-state index contributed by atoms with van der Waals surface area (Å²) >= 11 is 0. The molecule has 4 nitrogen and oxygen atoms in total. The van der Waals surface area contributed by atoms with E-state index in [0.717, 1.165) is 11.6 Å². The van der Waals surface area contributed by atoms with E-state index < -0.39 is 12.3 Å². The zero-order chi connectivity index (χ0) is 18.9. The summed E-state index contributed by atoms with van der Waals surface area (Å²) in [6.45, 7) is 0. The molecule has 1 atom stereocenters. The number of alkyl halides is 3. The van der Waals surface area contributed by atoms with Crippen LogP contribution in [0.15, 0.2) is 36.4 Å². The van der Waals surface area contributed by atoms with E-state index >= 15 is 0 Å². The standard InChI is InChI=1S/C19H17F3O4/c1-23-14-6-4-11(9-17(14)25-3)13-8-12-5-7-18(19(20,21)22)26-15(12)10-16(13)24-2/h4-10,18H,1-3H3. The maximum atomic E-state index is 12.9. The molecule has 1 unspecified atom stereocenters. The van der Waals surface area contributed by atoms with Crippen molar-refractivity contribution in [2.75, 3.05) is 21.3 Å². The summed E-state index contributed by atoms with van der Waals surface area (Å²) in [6, 6.07) is 8.52. The van der Waals surface area contributed by atoms with Crippen LogP contribution in [0.2, 0.25) is 0 Å². The molecule has 2 aromatic carbocycles. The number of benzene rings is 2. The molecule has 0 N–H and O–H groups in total. The van der Waals surface area contributed by atoms with E-state index in [1.54, 1.807) is 18.2 Å². The highest BCUT2D eigenvalue weighted by Gasteiger charge is 2.41. The van der Waals surface area contributed by atoms with Crippen molar-refractivity contribution < 1.29 is 32.1 Å². The molecule has 0 aliphatic carbocycles. The van der Waals surface area contributed by atoms with Gasteiger partial charge in [-0.05, 0) is 29.8 Å². The lowest BCUT2D eigenvalue weighted by molar-refractivity contribution is -0.180. The second kappa shape index (κ2) is 6.82. The Balaban J connectivity index is 2.06. The topological polar surface area (TPSA) is 36.9 Å². The molecule has 0 aromatic heterocycles. The van der Waals surface area contributed by atoms with Crippen LogP contribution in [0, 0.1) is 0 Å². The molecule has 1 aliphatic rings. The average molecular weight is 366 g/mol. The molecule has 7 heteroatoms. The van der Waals surface area contributed by atoms with Gasteiger partial charge in [0.1, 0.15) is 11.5 Å². The third-order valence-electron chi connectivity index (χ3n) is 4.05. The summed E-state index contributed by atoms with van der Waals surface area (Å²) in [6.07, 6.45) is -4.04. The molecule has 1 aliphatic heterocycles. The summed E-state index contributed by atoms with van der Waals surface area (Å²) in [4.78, 5) is 0. The van der Waals surface area contributed by atoms with Crippen molar-refractivity contribution >= 4 is 6.08 Å². The minimum Gasteiger partial charge on any atom is -0.496 e. The third-order valence-corrected chi connectivity index (χ3v) is 4.05. The number of fused-ring (bicyclic) bond motifs is 1. The first-order valence-corrected chi connectivity index (χ1v) is 7.73. The molecule has 26 heavy (non-hydrogen) atoms. The Labute approximate surface area is 148 Å². The molecule has 0 bridgehead atoms. The summed E-state index contributed by atoms with van der Waals surface area (Å²) in [5.41, 5.74) is 2.01. The number of methoxy groups -OCH3 is 3. The van der Waals surface area contributed by atoms with Gasteiger partial charge < -0.3 is 18.9 Å². The molecule has 0 radical (unpaired) electrons. The van der Waals surface area contributed by atoms with Crippen LogP contribution >= 0.6 is 0 Å². The molecule has 1 heterocycles. The first-order chi connectivity index (χ1) is 12.4. The zero-order valence-electron chi connectivity index (χ0n) is 14.4. The van der Waals surface area contributed by atoms with Crippen molar-refractivity contribution in [3.05, 3.63) is 42.0 Å². The van der Waals surface area contributed by atoms with E-state index in [1.807, 2.05) is 6.07 Å².